The summed E-state index contributed by atoms with van der Waals surface area (Å²) in [5, 5.41) is 0. The summed E-state index contributed by atoms with van der Waals surface area (Å²) in [5.74, 6) is -0.893. The van der Waals surface area contributed by atoms with Crippen molar-refractivity contribution in [2.75, 3.05) is 20.1 Å². The van der Waals surface area contributed by atoms with E-state index in [9.17, 15) is 14.0 Å². The van der Waals surface area contributed by atoms with Gasteiger partial charge in [-0.3, -0.25) is 9.59 Å². The molecule has 0 heterocycles. The Morgan fingerprint density at radius 1 is 1.24 bits per heavy atom. The van der Waals surface area contributed by atoms with Gasteiger partial charge in [-0.05, 0) is 37.7 Å². The van der Waals surface area contributed by atoms with E-state index in [-0.39, 0.29) is 17.2 Å². The average Bonchev–Trinajstić information content (AvgIpc) is 2.58. The highest BCUT2D eigenvalue weighted by atomic mass is 19.1. The lowest BCUT2D eigenvalue weighted by molar-refractivity contribution is -0.137. The molecule has 0 aromatic heterocycles. The molecule has 4 nitrogen and oxygen atoms in total. The minimum absolute atomic E-state index is 0.153. The fourth-order valence-corrected chi connectivity index (χ4v) is 1.65. The topological polar surface area (TPSA) is 46.6 Å². The van der Waals surface area contributed by atoms with Gasteiger partial charge < -0.3 is 9.64 Å². The van der Waals surface area contributed by atoms with Gasteiger partial charge in [0.05, 0.1) is 5.92 Å². The molecule has 0 saturated heterocycles. The number of ether oxygens (including phenoxy) is 1. The zero-order valence-corrected chi connectivity index (χ0v) is 16.9. The first kappa shape index (κ1) is 25.5. The van der Waals surface area contributed by atoms with Crippen LogP contribution >= 0.6 is 0 Å². The van der Waals surface area contributed by atoms with Crippen molar-refractivity contribution in [3.8, 4) is 5.75 Å². The zero-order chi connectivity index (χ0) is 20.0. The number of hydrogen-bond donors (Lipinski definition) is 0. The molecule has 25 heavy (non-hydrogen) atoms. The first-order valence-electron chi connectivity index (χ1n) is 8.86. The Kier molecular flexibility index (Phi) is 14.9. The van der Waals surface area contributed by atoms with Crippen LogP contribution in [0.3, 0.4) is 0 Å². The molecule has 0 fully saturated rings. The van der Waals surface area contributed by atoms with Crippen molar-refractivity contribution in [2.24, 2.45) is 11.8 Å². The van der Waals surface area contributed by atoms with Crippen LogP contribution in [0.5, 0.6) is 5.75 Å². The lowest BCUT2D eigenvalue weighted by Crippen LogP contribution is -2.22. The summed E-state index contributed by atoms with van der Waals surface area (Å²) in [7, 11) is 2.15. The second-order valence-corrected chi connectivity index (χ2v) is 6.13. The monoisotopic (exact) mass is 355 g/mol. The van der Waals surface area contributed by atoms with Gasteiger partial charge in [0, 0.05) is 12.1 Å². The number of benzene rings is 1. The number of aldehydes is 1. The molecule has 0 N–H and O–H groups in total. The normalized spacial score (nSPS) is 9.92. The van der Waals surface area contributed by atoms with E-state index in [0.29, 0.717) is 6.29 Å². The first-order chi connectivity index (χ1) is 11.7. The second-order valence-electron chi connectivity index (χ2n) is 6.13. The molecule has 0 spiro atoms. The number of esters is 1. The van der Waals surface area contributed by atoms with E-state index in [0.717, 1.165) is 18.5 Å². The van der Waals surface area contributed by atoms with Crippen LogP contribution in [-0.2, 0) is 4.79 Å². The van der Waals surface area contributed by atoms with Crippen LogP contribution in [0.2, 0.25) is 0 Å². The third-order valence-corrected chi connectivity index (χ3v) is 2.99. The largest absolute Gasteiger partial charge is 0.423 e. The van der Waals surface area contributed by atoms with E-state index in [4.69, 9.17) is 4.74 Å². The lowest BCUT2D eigenvalue weighted by atomic mass is 10.2. The molecule has 0 saturated carbocycles. The standard InChI is InChI=1S/C11H11FO3.C7H17N.C2H6/c1-7(2)11(14)15-10-4-3-8(6-13)5-9(10)12;1-5-8(4)6-7(2)3;1-2/h3-7H,1-2H3;7H,5-6H2,1-4H3;1-2H3. The van der Waals surface area contributed by atoms with E-state index >= 15 is 0 Å². The molecule has 0 unspecified atom stereocenters. The molecule has 1 aromatic rings. The van der Waals surface area contributed by atoms with Gasteiger partial charge in [0.15, 0.2) is 11.6 Å². The van der Waals surface area contributed by atoms with Crippen LogP contribution in [-0.4, -0.2) is 37.3 Å². The molecule has 0 radical (unpaired) electrons. The molecular formula is C20H34FNO3. The molecule has 0 aliphatic rings. The van der Waals surface area contributed by atoms with Crippen molar-refractivity contribution in [3.63, 3.8) is 0 Å². The van der Waals surface area contributed by atoms with Crippen LogP contribution in [0.4, 0.5) is 4.39 Å². The van der Waals surface area contributed by atoms with E-state index < -0.39 is 11.8 Å². The maximum Gasteiger partial charge on any atom is 0.313 e. The Hall–Kier alpha value is -1.75. The molecule has 1 rings (SSSR count). The highest BCUT2D eigenvalue weighted by Gasteiger charge is 2.13. The van der Waals surface area contributed by atoms with Gasteiger partial charge in [-0.1, -0.05) is 48.5 Å². The summed E-state index contributed by atoms with van der Waals surface area (Å²) in [4.78, 5) is 23.8. The maximum absolute atomic E-state index is 13.2. The summed E-state index contributed by atoms with van der Waals surface area (Å²) >= 11 is 0. The Morgan fingerprint density at radius 2 is 1.80 bits per heavy atom. The Labute approximate surface area is 152 Å². The summed E-state index contributed by atoms with van der Waals surface area (Å²) in [6.45, 7) is 16.4. The number of halogens is 1. The fraction of sp³-hybridized carbons (Fsp3) is 0.600. The Morgan fingerprint density at radius 3 is 2.12 bits per heavy atom. The van der Waals surface area contributed by atoms with Gasteiger partial charge >= 0.3 is 5.97 Å². The molecule has 0 aliphatic carbocycles. The van der Waals surface area contributed by atoms with Gasteiger partial charge in [0.2, 0.25) is 0 Å². The van der Waals surface area contributed by atoms with Crippen LogP contribution in [0.1, 0.15) is 58.8 Å². The summed E-state index contributed by atoms with van der Waals surface area (Å²) in [6, 6.07) is 3.67. The molecule has 5 heteroatoms. The molecule has 0 amide bonds. The van der Waals surface area contributed by atoms with Crippen molar-refractivity contribution < 1.29 is 18.7 Å². The second kappa shape index (κ2) is 14.6. The van der Waals surface area contributed by atoms with Crippen LogP contribution in [0.15, 0.2) is 18.2 Å². The van der Waals surface area contributed by atoms with Crippen LogP contribution in [0.25, 0.3) is 0 Å². The predicted molar refractivity (Wildman–Crippen MR) is 102 cm³/mol. The summed E-state index contributed by atoms with van der Waals surface area (Å²) < 4.78 is 18.0. The smallest absolute Gasteiger partial charge is 0.313 e. The van der Waals surface area contributed by atoms with Crippen molar-refractivity contribution >= 4 is 12.3 Å². The van der Waals surface area contributed by atoms with E-state index in [1.807, 2.05) is 13.8 Å². The molecular weight excluding hydrogens is 321 g/mol. The predicted octanol–water partition coefficient (Wildman–Crippen LogP) is 4.82. The summed E-state index contributed by atoms with van der Waals surface area (Å²) in [5.41, 5.74) is 0.205. The molecule has 144 valence electrons. The van der Waals surface area contributed by atoms with Crippen molar-refractivity contribution in [1.82, 2.24) is 4.90 Å². The molecule has 0 atom stereocenters. The van der Waals surface area contributed by atoms with Crippen molar-refractivity contribution in [3.05, 3.63) is 29.6 Å². The third-order valence-electron chi connectivity index (χ3n) is 2.99. The highest BCUT2D eigenvalue weighted by Crippen LogP contribution is 2.18. The van der Waals surface area contributed by atoms with Gasteiger partial charge in [-0.2, -0.15) is 0 Å². The lowest BCUT2D eigenvalue weighted by Gasteiger charge is -2.15. The highest BCUT2D eigenvalue weighted by molar-refractivity contribution is 5.77. The minimum atomic E-state index is -0.714. The Balaban J connectivity index is 0. The minimum Gasteiger partial charge on any atom is -0.423 e. The van der Waals surface area contributed by atoms with Gasteiger partial charge in [-0.25, -0.2) is 4.39 Å². The van der Waals surface area contributed by atoms with Crippen molar-refractivity contribution in [2.45, 2.75) is 48.5 Å². The van der Waals surface area contributed by atoms with Crippen LogP contribution < -0.4 is 4.74 Å². The zero-order valence-electron chi connectivity index (χ0n) is 16.9. The molecule has 1 aromatic carbocycles. The first-order valence-corrected chi connectivity index (χ1v) is 8.86. The molecule has 0 bridgehead atoms. The Bertz CT molecular complexity index is 502. The van der Waals surface area contributed by atoms with E-state index in [2.05, 4.69) is 32.7 Å². The van der Waals surface area contributed by atoms with Gasteiger partial charge in [0.25, 0.3) is 0 Å². The number of carbonyl (C=O) groups is 2. The summed E-state index contributed by atoms with van der Waals surface area (Å²) in [6.07, 6.45) is 0.525. The van der Waals surface area contributed by atoms with Gasteiger partial charge in [0.1, 0.15) is 6.29 Å². The van der Waals surface area contributed by atoms with Crippen molar-refractivity contribution in [1.29, 1.82) is 0 Å². The quantitative estimate of drug-likeness (QED) is 0.417. The fourth-order valence-electron chi connectivity index (χ4n) is 1.65. The number of carbonyl (C=O) groups excluding carboxylic acids is 2. The third kappa shape index (κ3) is 12.3. The van der Waals surface area contributed by atoms with E-state index in [1.54, 1.807) is 13.8 Å². The number of hydrogen-bond acceptors (Lipinski definition) is 4. The van der Waals surface area contributed by atoms with Gasteiger partial charge in [-0.15, -0.1) is 0 Å². The number of nitrogens with zero attached hydrogens (tertiary/aromatic N) is 1. The van der Waals surface area contributed by atoms with Crippen LogP contribution in [0, 0.1) is 17.7 Å². The van der Waals surface area contributed by atoms with E-state index in [1.165, 1.54) is 18.7 Å². The maximum atomic E-state index is 13.2. The number of rotatable bonds is 6. The average molecular weight is 355 g/mol. The molecule has 0 aliphatic heterocycles. The SMILES string of the molecule is CC.CC(C)C(=O)Oc1ccc(C=O)cc1F.CCN(C)CC(C)C.